The SMILES string of the molecule is COC(=O)[C@@H]1C(=O)NC(SCC(=O)Nc2ccccc2Cl)=C(C#N)[C@H]1c1ccc(C)cc1. The zero-order chi connectivity index (χ0) is 23.3. The minimum absolute atomic E-state index is 0.0739. The van der Waals surface area contributed by atoms with Crippen molar-refractivity contribution in [1.82, 2.24) is 5.32 Å². The van der Waals surface area contributed by atoms with E-state index in [-0.39, 0.29) is 22.3 Å². The molecule has 0 fully saturated rings. The Hall–Kier alpha value is -3.28. The van der Waals surface area contributed by atoms with Gasteiger partial charge in [-0.15, -0.1) is 0 Å². The molecular weight excluding hydrogens is 450 g/mol. The number of hydrogen-bond donors (Lipinski definition) is 2. The molecule has 7 nitrogen and oxygen atoms in total. The van der Waals surface area contributed by atoms with Crippen molar-refractivity contribution in [1.29, 1.82) is 5.26 Å². The monoisotopic (exact) mass is 469 g/mol. The second kappa shape index (κ2) is 10.4. The summed E-state index contributed by atoms with van der Waals surface area (Å²) in [6.45, 7) is 1.91. The molecule has 3 rings (SSSR count). The molecular formula is C23H20ClN3O4S. The van der Waals surface area contributed by atoms with Gasteiger partial charge in [0.15, 0.2) is 0 Å². The molecule has 1 heterocycles. The summed E-state index contributed by atoms with van der Waals surface area (Å²) in [5.41, 5.74) is 2.29. The Labute approximate surface area is 194 Å². The van der Waals surface area contributed by atoms with E-state index in [2.05, 4.69) is 16.7 Å². The van der Waals surface area contributed by atoms with Crippen LogP contribution in [0.5, 0.6) is 0 Å². The van der Waals surface area contributed by atoms with Crippen LogP contribution < -0.4 is 10.6 Å². The van der Waals surface area contributed by atoms with Gasteiger partial charge in [-0.1, -0.05) is 65.3 Å². The zero-order valence-electron chi connectivity index (χ0n) is 17.3. The molecule has 0 unspecified atom stereocenters. The number of anilines is 1. The first-order valence-corrected chi connectivity index (χ1v) is 11.0. The van der Waals surface area contributed by atoms with Crippen LogP contribution in [-0.4, -0.2) is 30.6 Å². The van der Waals surface area contributed by atoms with E-state index in [9.17, 15) is 19.6 Å². The number of amides is 2. The number of methoxy groups -OCH3 is 1. The standard InChI is InChI=1S/C23H20ClN3O4S/c1-13-7-9-14(10-8-13)19-15(11-25)22(27-21(29)20(19)23(30)31-2)32-12-18(28)26-17-6-4-3-5-16(17)24/h3-10,19-20H,12H2,1-2H3,(H,26,28)(H,27,29)/t19-,20+/m1/s1. The van der Waals surface area contributed by atoms with Crippen LogP contribution in [0.15, 0.2) is 59.1 Å². The molecule has 0 bridgehead atoms. The van der Waals surface area contributed by atoms with Crippen LogP contribution in [-0.2, 0) is 19.1 Å². The van der Waals surface area contributed by atoms with Gasteiger partial charge in [0.1, 0.15) is 5.92 Å². The molecule has 0 aromatic heterocycles. The Bertz CT molecular complexity index is 1120. The van der Waals surface area contributed by atoms with E-state index in [1.165, 1.54) is 7.11 Å². The van der Waals surface area contributed by atoms with Crippen molar-refractivity contribution < 1.29 is 19.1 Å². The Morgan fingerprint density at radius 3 is 2.53 bits per heavy atom. The molecule has 0 aliphatic carbocycles. The highest BCUT2D eigenvalue weighted by molar-refractivity contribution is 8.03. The lowest BCUT2D eigenvalue weighted by molar-refractivity contribution is -0.150. The van der Waals surface area contributed by atoms with E-state index >= 15 is 0 Å². The predicted octanol–water partition coefficient (Wildman–Crippen LogP) is 3.76. The van der Waals surface area contributed by atoms with Gasteiger partial charge in [0.25, 0.3) is 0 Å². The Morgan fingerprint density at radius 2 is 1.91 bits per heavy atom. The molecule has 2 amide bonds. The van der Waals surface area contributed by atoms with Crippen LogP contribution in [0.3, 0.4) is 0 Å². The third-order valence-electron chi connectivity index (χ3n) is 4.92. The molecule has 1 aliphatic heterocycles. The fourth-order valence-corrected chi connectivity index (χ4v) is 4.37. The summed E-state index contributed by atoms with van der Waals surface area (Å²) in [5, 5.41) is 15.8. The lowest BCUT2D eigenvalue weighted by Crippen LogP contribution is -2.44. The first-order valence-electron chi connectivity index (χ1n) is 9.62. The van der Waals surface area contributed by atoms with Gasteiger partial charge >= 0.3 is 5.97 Å². The van der Waals surface area contributed by atoms with Crippen LogP contribution in [0.1, 0.15) is 17.0 Å². The normalized spacial score (nSPS) is 17.9. The quantitative estimate of drug-likeness (QED) is 0.492. The summed E-state index contributed by atoms with van der Waals surface area (Å²) >= 11 is 7.07. The Morgan fingerprint density at radius 1 is 1.22 bits per heavy atom. The maximum absolute atomic E-state index is 12.8. The van der Waals surface area contributed by atoms with Crippen molar-refractivity contribution in [2.45, 2.75) is 12.8 Å². The highest BCUT2D eigenvalue weighted by Gasteiger charge is 2.44. The number of halogens is 1. The smallest absolute Gasteiger partial charge is 0.319 e. The molecule has 2 N–H and O–H groups in total. The number of carbonyl (C=O) groups is 3. The fraction of sp³-hybridized carbons (Fsp3) is 0.217. The molecule has 0 saturated carbocycles. The van der Waals surface area contributed by atoms with Crippen molar-refractivity contribution in [3.05, 3.63) is 75.3 Å². The molecule has 164 valence electrons. The van der Waals surface area contributed by atoms with Crippen molar-refractivity contribution in [2.75, 3.05) is 18.2 Å². The van der Waals surface area contributed by atoms with Gasteiger partial charge in [-0.05, 0) is 24.6 Å². The van der Waals surface area contributed by atoms with E-state index < -0.39 is 23.7 Å². The maximum atomic E-state index is 12.8. The van der Waals surface area contributed by atoms with Crippen LogP contribution in [0.4, 0.5) is 5.69 Å². The highest BCUT2D eigenvalue weighted by atomic mass is 35.5. The maximum Gasteiger partial charge on any atom is 0.319 e. The minimum Gasteiger partial charge on any atom is -0.468 e. The van der Waals surface area contributed by atoms with Gasteiger partial charge in [0, 0.05) is 5.92 Å². The van der Waals surface area contributed by atoms with E-state index in [1.54, 1.807) is 36.4 Å². The minimum atomic E-state index is -1.21. The van der Waals surface area contributed by atoms with Crippen molar-refractivity contribution in [3.8, 4) is 6.07 Å². The van der Waals surface area contributed by atoms with Gasteiger partial charge < -0.3 is 15.4 Å². The average molecular weight is 470 g/mol. The third-order valence-corrected chi connectivity index (χ3v) is 6.26. The van der Waals surface area contributed by atoms with Gasteiger partial charge in [-0.3, -0.25) is 14.4 Å². The summed E-state index contributed by atoms with van der Waals surface area (Å²) in [6.07, 6.45) is 0. The number of carbonyl (C=O) groups excluding carboxylic acids is 3. The van der Waals surface area contributed by atoms with Crippen LogP contribution in [0.2, 0.25) is 5.02 Å². The van der Waals surface area contributed by atoms with E-state index in [4.69, 9.17) is 16.3 Å². The van der Waals surface area contributed by atoms with Crippen molar-refractivity contribution >= 4 is 46.8 Å². The van der Waals surface area contributed by atoms with Crippen LogP contribution in [0.25, 0.3) is 0 Å². The summed E-state index contributed by atoms with van der Waals surface area (Å²) in [7, 11) is 1.20. The summed E-state index contributed by atoms with van der Waals surface area (Å²) < 4.78 is 4.82. The largest absolute Gasteiger partial charge is 0.468 e. The van der Waals surface area contributed by atoms with Crippen molar-refractivity contribution in [3.63, 3.8) is 0 Å². The van der Waals surface area contributed by atoms with Crippen LogP contribution >= 0.6 is 23.4 Å². The summed E-state index contributed by atoms with van der Waals surface area (Å²) in [4.78, 5) is 37.6. The Kier molecular flexibility index (Phi) is 7.57. The fourth-order valence-electron chi connectivity index (χ4n) is 3.34. The average Bonchev–Trinajstić information content (AvgIpc) is 2.78. The number of hydrogen-bond acceptors (Lipinski definition) is 6. The second-order valence-corrected chi connectivity index (χ2v) is 8.44. The van der Waals surface area contributed by atoms with Gasteiger partial charge in [0.2, 0.25) is 11.8 Å². The molecule has 2 atom stereocenters. The molecule has 9 heteroatoms. The van der Waals surface area contributed by atoms with E-state index in [1.807, 2.05) is 19.1 Å². The first kappa shape index (κ1) is 23.4. The number of rotatable bonds is 6. The lowest BCUT2D eigenvalue weighted by Gasteiger charge is -2.31. The topological polar surface area (TPSA) is 108 Å². The third kappa shape index (κ3) is 5.13. The number of nitrogens with zero attached hydrogens (tertiary/aromatic N) is 1. The van der Waals surface area contributed by atoms with Gasteiger partial charge in [0.05, 0.1) is 40.2 Å². The molecule has 1 aliphatic rings. The van der Waals surface area contributed by atoms with Gasteiger partial charge in [-0.2, -0.15) is 5.26 Å². The summed E-state index contributed by atoms with van der Waals surface area (Å²) in [6, 6.07) is 16.2. The number of aryl methyl sites for hydroxylation is 1. The predicted molar refractivity (Wildman–Crippen MR) is 123 cm³/mol. The highest BCUT2D eigenvalue weighted by Crippen LogP contribution is 2.40. The lowest BCUT2D eigenvalue weighted by atomic mass is 9.78. The zero-order valence-corrected chi connectivity index (χ0v) is 18.9. The van der Waals surface area contributed by atoms with Gasteiger partial charge in [-0.25, -0.2) is 0 Å². The Balaban J connectivity index is 1.89. The van der Waals surface area contributed by atoms with E-state index in [0.717, 1.165) is 17.3 Å². The molecule has 0 saturated heterocycles. The number of allylic oxidation sites excluding steroid dienone is 1. The second-order valence-electron chi connectivity index (χ2n) is 7.05. The number of nitriles is 1. The van der Waals surface area contributed by atoms with Crippen molar-refractivity contribution in [2.24, 2.45) is 5.92 Å². The number of nitrogens with one attached hydrogen (secondary N) is 2. The summed E-state index contributed by atoms with van der Waals surface area (Å²) in [5.74, 6) is -3.79. The number of ether oxygens (including phenoxy) is 1. The van der Waals surface area contributed by atoms with Crippen LogP contribution in [0, 0.1) is 24.2 Å². The van der Waals surface area contributed by atoms with E-state index in [0.29, 0.717) is 16.3 Å². The number of thioether (sulfide) groups is 1. The molecule has 0 spiro atoms. The molecule has 0 radical (unpaired) electrons. The number of esters is 1. The first-order chi connectivity index (χ1) is 15.3. The molecule has 2 aromatic rings. The molecule has 2 aromatic carbocycles. The number of benzene rings is 2. The molecule has 32 heavy (non-hydrogen) atoms. The number of para-hydroxylation sites is 1.